The van der Waals surface area contributed by atoms with Gasteiger partial charge < -0.3 is 5.73 Å². The lowest BCUT2D eigenvalue weighted by Crippen LogP contribution is -2.12. The van der Waals surface area contributed by atoms with Crippen molar-refractivity contribution in [3.63, 3.8) is 0 Å². The highest BCUT2D eigenvalue weighted by atomic mass is 79.9. The lowest BCUT2D eigenvalue weighted by Gasteiger charge is -2.16. The minimum Gasteiger partial charge on any atom is -0.320 e. The summed E-state index contributed by atoms with van der Waals surface area (Å²) in [5, 5.41) is 2.45. The van der Waals surface area contributed by atoms with E-state index in [1.807, 2.05) is 0 Å². The second-order valence-corrected chi connectivity index (χ2v) is 6.92. The molecule has 0 aromatic heterocycles. The van der Waals surface area contributed by atoms with E-state index in [1.54, 1.807) is 0 Å². The first-order valence-electron chi connectivity index (χ1n) is 6.76. The van der Waals surface area contributed by atoms with Gasteiger partial charge in [-0.15, -0.1) is 0 Å². The molecule has 0 aliphatic carbocycles. The summed E-state index contributed by atoms with van der Waals surface area (Å²) in [6, 6.07) is 18.8. The summed E-state index contributed by atoms with van der Waals surface area (Å²) in [5.41, 5.74) is 9.87. The minimum absolute atomic E-state index is 0.152. The van der Waals surface area contributed by atoms with Crippen molar-refractivity contribution < 1.29 is 0 Å². The molecule has 21 heavy (non-hydrogen) atoms. The van der Waals surface area contributed by atoms with E-state index in [2.05, 4.69) is 93.4 Å². The predicted molar refractivity (Wildman–Crippen MR) is 96.6 cm³/mol. The van der Waals surface area contributed by atoms with Crippen LogP contribution in [0.2, 0.25) is 0 Å². The average Bonchev–Trinajstić information content (AvgIpc) is 2.50. The van der Waals surface area contributed by atoms with Crippen molar-refractivity contribution in [1.82, 2.24) is 0 Å². The first-order valence-corrected chi connectivity index (χ1v) is 8.34. The molecule has 3 rings (SSSR count). The molecule has 1 nitrogen and oxygen atoms in total. The van der Waals surface area contributed by atoms with Crippen LogP contribution < -0.4 is 5.73 Å². The highest BCUT2D eigenvalue weighted by Gasteiger charge is 2.14. The molecule has 0 fully saturated rings. The molecule has 0 heterocycles. The third kappa shape index (κ3) is 2.91. The first kappa shape index (κ1) is 14.8. The van der Waals surface area contributed by atoms with Crippen LogP contribution in [0.4, 0.5) is 0 Å². The maximum atomic E-state index is 6.48. The van der Waals surface area contributed by atoms with Gasteiger partial charge >= 0.3 is 0 Å². The topological polar surface area (TPSA) is 26.0 Å². The number of rotatable bonds is 2. The molecule has 3 heteroatoms. The summed E-state index contributed by atoms with van der Waals surface area (Å²) in [6.07, 6.45) is 0. The van der Waals surface area contributed by atoms with Gasteiger partial charge in [-0.05, 0) is 52.6 Å². The molecule has 3 aromatic rings. The van der Waals surface area contributed by atoms with Crippen LogP contribution in [0, 0.1) is 6.92 Å². The molecule has 0 amide bonds. The zero-order valence-electron chi connectivity index (χ0n) is 11.6. The molecule has 0 radical (unpaired) electrons. The molecule has 3 aromatic carbocycles. The molecule has 0 aliphatic heterocycles. The molecule has 1 unspecified atom stereocenters. The number of hydrogen-bond donors (Lipinski definition) is 1. The predicted octanol–water partition coefficient (Wildman–Crippen LogP) is 5.72. The lowest BCUT2D eigenvalue weighted by molar-refractivity contribution is 0.865. The molecule has 0 saturated heterocycles. The van der Waals surface area contributed by atoms with E-state index >= 15 is 0 Å². The zero-order chi connectivity index (χ0) is 15.0. The number of nitrogens with two attached hydrogens (primary N) is 1. The first-order chi connectivity index (χ1) is 10.1. The van der Waals surface area contributed by atoms with Crippen LogP contribution >= 0.6 is 31.9 Å². The van der Waals surface area contributed by atoms with E-state index in [-0.39, 0.29) is 6.04 Å². The second kappa shape index (κ2) is 5.91. The molecule has 1 atom stereocenters. The number of benzene rings is 3. The van der Waals surface area contributed by atoms with Gasteiger partial charge in [0.15, 0.2) is 0 Å². The largest absolute Gasteiger partial charge is 0.320 e. The van der Waals surface area contributed by atoms with Crippen LogP contribution in [-0.4, -0.2) is 0 Å². The molecule has 0 bridgehead atoms. The van der Waals surface area contributed by atoms with Crippen molar-refractivity contribution in [3.8, 4) is 0 Å². The van der Waals surface area contributed by atoms with Crippen LogP contribution in [0.1, 0.15) is 22.7 Å². The van der Waals surface area contributed by atoms with Crippen molar-refractivity contribution in [1.29, 1.82) is 0 Å². The number of aryl methyl sites for hydroxylation is 1. The van der Waals surface area contributed by atoms with Crippen LogP contribution in [0.25, 0.3) is 10.8 Å². The maximum Gasteiger partial charge on any atom is 0.0563 e. The molecule has 0 spiro atoms. The van der Waals surface area contributed by atoms with Crippen molar-refractivity contribution in [2.24, 2.45) is 5.73 Å². The van der Waals surface area contributed by atoms with Gasteiger partial charge in [-0.2, -0.15) is 0 Å². The van der Waals surface area contributed by atoms with Gasteiger partial charge in [0.05, 0.1) is 6.04 Å². The fraction of sp³-hybridized carbons (Fsp3) is 0.111. The normalized spacial score (nSPS) is 12.6. The standard InChI is InChI=1S/C18H15Br2N/c1-11-8-17(20)15(10-16(11)19)18(21)14-7-6-12-4-2-3-5-13(12)9-14/h2-10,18H,21H2,1H3. The molecular weight excluding hydrogens is 390 g/mol. The molecule has 0 aliphatic rings. The molecule has 106 valence electrons. The number of halogens is 2. The number of fused-ring (bicyclic) bond motifs is 1. The average molecular weight is 405 g/mol. The van der Waals surface area contributed by atoms with Gasteiger partial charge in [-0.25, -0.2) is 0 Å². The Hall–Kier alpha value is -1.16. The Morgan fingerprint density at radius 2 is 1.57 bits per heavy atom. The Balaban J connectivity index is 2.07. The van der Waals surface area contributed by atoms with E-state index in [4.69, 9.17) is 5.73 Å². The van der Waals surface area contributed by atoms with Crippen LogP contribution in [0.15, 0.2) is 63.5 Å². The zero-order valence-corrected chi connectivity index (χ0v) is 14.8. The van der Waals surface area contributed by atoms with Crippen LogP contribution in [0.5, 0.6) is 0 Å². The van der Waals surface area contributed by atoms with E-state index in [0.29, 0.717) is 0 Å². The van der Waals surface area contributed by atoms with Crippen molar-refractivity contribution in [2.75, 3.05) is 0 Å². The summed E-state index contributed by atoms with van der Waals surface area (Å²) in [7, 11) is 0. The van der Waals surface area contributed by atoms with Crippen LogP contribution in [0.3, 0.4) is 0 Å². The van der Waals surface area contributed by atoms with Gasteiger partial charge in [0, 0.05) is 8.95 Å². The molecular formula is C18H15Br2N. The molecule has 0 saturated carbocycles. The third-order valence-electron chi connectivity index (χ3n) is 3.75. The smallest absolute Gasteiger partial charge is 0.0563 e. The quantitative estimate of drug-likeness (QED) is 0.580. The summed E-state index contributed by atoms with van der Waals surface area (Å²) in [4.78, 5) is 0. The van der Waals surface area contributed by atoms with Gasteiger partial charge in [-0.3, -0.25) is 0 Å². The van der Waals surface area contributed by atoms with Crippen molar-refractivity contribution >= 4 is 42.6 Å². The Morgan fingerprint density at radius 3 is 2.33 bits per heavy atom. The summed E-state index contributed by atoms with van der Waals surface area (Å²) < 4.78 is 2.13. The Morgan fingerprint density at radius 1 is 0.857 bits per heavy atom. The Bertz CT molecular complexity index is 811. The van der Waals surface area contributed by atoms with Crippen LogP contribution in [-0.2, 0) is 0 Å². The Labute approximate surface area is 141 Å². The van der Waals surface area contributed by atoms with E-state index in [0.717, 1.165) is 20.1 Å². The SMILES string of the molecule is Cc1cc(Br)c(C(N)c2ccc3ccccc3c2)cc1Br. The minimum atomic E-state index is -0.152. The van der Waals surface area contributed by atoms with Gasteiger partial charge in [0.2, 0.25) is 0 Å². The third-order valence-corrected chi connectivity index (χ3v) is 5.29. The van der Waals surface area contributed by atoms with Crippen molar-refractivity contribution in [3.05, 3.63) is 80.2 Å². The summed E-state index contributed by atoms with van der Waals surface area (Å²) >= 11 is 7.21. The summed E-state index contributed by atoms with van der Waals surface area (Å²) in [6.45, 7) is 2.07. The van der Waals surface area contributed by atoms with E-state index in [9.17, 15) is 0 Å². The maximum absolute atomic E-state index is 6.48. The second-order valence-electron chi connectivity index (χ2n) is 5.21. The van der Waals surface area contributed by atoms with Gasteiger partial charge in [0.1, 0.15) is 0 Å². The van der Waals surface area contributed by atoms with Gasteiger partial charge in [0.25, 0.3) is 0 Å². The summed E-state index contributed by atoms with van der Waals surface area (Å²) in [5.74, 6) is 0. The highest BCUT2D eigenvalue weighted by molar-refractivity contribution is 9.11. The fourth-order valence-corrected chi connectivity index (χ4v) is 3.55. The monoisotopic (exact) mass is 403 g/mol. The lowest BCUT2D eigenvalue weighted by atomic mass is 9.96. The number of hydrogen-bond acceptors (Lipinski definition) is 1. The van der Waals surface area contributed by atoms with Crippen molar-refractivity contribution in [2.45, 2.75) is 13.0 Å². The molecule has 2 N–H and O–H groups in total. The van der Waals surface area contributed by atoms with E-state index in [1.165, 1.54) is 16.3 Å². The Kier molecular flexibility index (Phi) is 4.16. The highest BCUT2D eigenvalue weighted by Crippen LogP contribution is 2.32. The van der Waals surface area contributed by atoms with E-state index < -0.39 is 0 Å². The fourth-order valence-electron chi connectivity index (χ4n) is 2.48. The van der Waals surface area contributed by atoms with Gasteiger partial charge in [-0.1, -0.05) is 68.3 Å².